The quantitative estimate of drug-likeness (QED) is 0.910. The van der Waals surface area contributed by atoms with Crippen LogP contribution in [0.3, 0.4) is 0 Å². The van der Waals surface area contributed by atoms with Gasteiger partial charge in [0.05, 0.1) is 12.0 Å². The van der Waals surface area contributed by atoms with Crippen molar-refractivity contribution in [2.24, 2.45) is 0 Å². The van der Waals surface area contributed by atoms with Crippen LogP contribution in [0.25, 0.3) is 11.3 Å². The zero-order valence-corrected chi connectivity index (χ0v) is 9.84. The van der Waals surface area contributed by atoms with Crippen LogP contribution in [0.4, 0.5) is 8.78 Å². The van der Waals surface area contributed by atoms with E-state index < -0.39 is 11.6 Å². The molecule has 0 bridgehead atoms. The molecule has 0 radical (unpaired) electrons. The van der Waals surface area contributed by atoms with Crippen molar-refractivity contribution in [3.63, 3.8) is 0 Å². The van der Waals surface area contributed by atoms with Gasteiger partial charge in [0, 0.05) is 11.1 Å². The number of hydrogen-bond donors (Lipinski definition) is 1. The number of H-pyrrole nitrogens is 1. The summed E-state index contributed by atoms with van der Waals surface area (Å²) in [6, 6.07) is 3.50. The van der Waals surface area contributed by atoms with E-state index in [1.54, 1.807) is 0 Å². The van der Waals surface area contributed by atoms with Crippen molar-refractivity contribution >= 4 is 0 Å². The van der Waals surface area contributed by atoms with Gasteiger partial charge in [-0.3, -0.25) is 4.79 Å². The molecular weight excluding hydrogens is 238 g/mol. The van der Waals surface area contributed by atoms with Crippen molar-refractivity contribution in [1.82, 2.24) is 9.97 Å². The molecule has 0 saturated carbocycles. The van der Waals surface area contributed by atoms with E-state index >= 15 is 0 Å². The first-order chi connectivity index (χ1) is 8.63. The first kappa shape index (κ1) is 12.4. The Morgan fingerprint density at radius 2 is 2.06 bits per heavy atom. The highest BCUT2D eigenvalue weighted by Gasteiger charge is 2.12. The van der Waals surface area contributed by atoms with Crippen LogP contribution in [0.1, 0.15) is 18.9 Å². The third-order valence-electron chi connectivity index (χ3n) is 2.64. The van der Waals surface area contributed by atoms with Gasteiger partial charge < -0.3 is 4.98 Å². The Balaban J connectivity index is 2.59. The van der Waals surface area contributed by atoms with Gasteiger partial charge in [0.15, 0.2) is 11.6 Å². The summed E-state index contributed by atoms with van der Waals surface area (Å²) in [7, 11) is 0. The summed E-state index contributed by atoms with van der Waals surface area (Å²) in [6.45, 7) is 1.93. The molecule has 0 atom stereocenters. The number of nitrogens with one attached hydrogen (secondary N) is 1. The van der Waals surface area contributed by atoms with Gasteiger partial charge in [-0.25, -0.2) is 13.8 Å². The topological polar surface area (TPSA) is 45.8 Å². The van der Waals surface area contributed by atoms with Crippen LogP contribution in [0.5, 0.6) is 0 Å². The number of rotatable bonds is 3. The molecule has 0 unspecified atom stereocenters. The minimum atomic E-state index is -0.947. The number of aromatic nitrogens is 2. The molecule has 0 saturated heterocycles. The second-order valence-electron chi connectivity index (χ2n) is 3.94. The molecule has 0 amide bonds. The zero-order chi connectivity index (χ0) is 13.1. The number of nitrogens with zero attached hydrogens (tertiary/aromatic N) is 1. The third-order valence-corrected chi connectivity index (χ3v) is 2.64. The van der Waals surface area contributed by atoms with Gasteiger partial charge >= 0.3 is 0 Å². The van der Waals surface area contributed by atoms with Gasteiger partial charge in [-0.05, 0) is 24.6 Å². The predicted octanol–water partition coefficient (Wildman–Crippen LogP) is 2.67. The van der Waals surface area contributed by atoms with E-state index in [1.165, 1.54) is 12.4 Å². The maximum atomic E-state index is 13.2. The predicted molar refractivity (Wildman–Crippen MR) is 64.2 cm³/mol. The molecule has 94 valence electrons. The summed E-state index contributed by atoms with van der Waals surface area (Å²) < 4.78 is 26.1. The highest BCUT2D eigenvalue weighted by molar-refractivity contribution is 5.62. The SMILES string of the molecule is CCCc1c(-c2ccc(F)c(F)c2)nc[nH]c1=O. The fourth-order valence-electron chi connectivity index (χ4n) is 1.80. The Bertz CT molecular complexity index is 623. The lowest BCUT2D eigenvalue weighted by Gasteiger charge is -2.06. The maximum absolute atomic E-state index is 13.2. The average Bonchev–Trinajstić information content (AvgIpc) is 2.35. The first-order valence-corrected chi connectivity index (χ1v) is 5.65. The standard InChI is InChI=1S/C13H12F2N2O/c1-2-3-9-12(16-7-17-13(9)18)8-4-5-10(14)11(15)6-8/h4-7H,2-3H2,1H3,(H,16,17,18). The van der Waals surface area contributed by atoms with Crippen molar-refractivity contribution in [3.05, 3.63) is 52.1 Å². The lowest BCUT2D eigenvalue weighted by molar-refractivity contribution is 0.509. The Hall–Kier alpha value is -2.04. The summed E-state index contributed by atoms with van der Waals surface area (Å²) in [5.41, 5.74) is 1.06. The molecule has 3 nitrogen and oxygen atoms in total. The largest absolute Gasteiger partial charge is 0.313 e. The molecule has 1 aromatic heterocycles. The van der Waals surface area contributed by atoms with Crippen LogP contribution >= 0.6 is 0 Å². The smallest absolute Gasteiger partial charge is 0.254 e. The van der Waals surface area contributed by atoms with Gasteiger partial charge in [-0.1, -0.05) is 13.3 Å². The van der Waals surface area contributed by atoms with Crippen LogP contribution in [0, 0.1) is 11.6 Å². The van der Waals surface area contributed by atoms with Crippen molar-refractivity contribution in [2.45, 2.75) is 19.8 Å². The zero-order valence-electron chi connectivity index (χ0n) is 9.84. The molecule has 0 aliphatic carbocycles. The average molecular weight is 250 g/mol. The normalized spacial score (nSPS) is 10.6. The Morgan fingerprint density at radius 3 is 2.72 bits per heavy atom. The van der Waals surface area contributed by atoms with E-state index in [-0.39, 0.29) is 5.56 Å². The molecule has 18 heavy (non-hydrogen) atoms. The van der Waals surface area contributed by atoms with Gasteiger partial charge in [-0.15, -0.1) is 0 Å². The summed E-state index contributed by atoms with van der Waals surface area (Å²) in [5.74, 6) is -1.86. The molecule has 5 heteroatoms. The van der Waals surface area contributed by atoms with Crippen LogP contribution < -0.4 is 5.56 Å². The van der Waals surface area contributed by atoms with Crippen molar-refractivity contribution < 1.29 is 8.78 Å². The molecule has 2 rings (SSSR count). The van der Waals surface area contributed by atoms with Crippen molar-refractivity contribution in [2.75, 3.05) is 0 Å². The minimum Gasteiger partial charge on any atom is -0.313 e. The maximum Gasteiger partial charge on any atom is 0.254 e. The molecule has 1 heterocycles. The lowest BCUT2D eigenvalue weighted by atomic mass is 10.0. The highest BCUT2D eigenvalue weighted by Crippen LogP contribution is 2.21. The molecule has 1 aromatic carbocycles. The Labute approximate surface area is 103 Å². The highest BCUT2D eigenvalue weighted by atomic mass is 19.2. The van der Waals surface area contributed by atoms with Crippen LogP contribution in [-0.4, -0.2) is 9.97 Å². The molecule has 2 aromatic rings. The molecule has 1 N–H and O–H groups in total. The van der Waals surface area contributed by atoms with Gasteiger partial charge in [0.25, 0.3) is 5.56 Å². The van der Waals surface area contributed by atoms with Crippen LogP contribution in [0.15, 0.2) is 29.3 Å². The second kappa shape index (κ2) is 5.08. The minimum absolute atomic E-state index is 0.244. The molecule has 0 aliphatic heterocycles. The van der Waals surface area contributed by atoms with Gasteiger partial charge in [0.2, 0.25) is 0 Å². The Morgan fingerprint density at radius 1 is 1.28 bits per heavy atom. The van der Waals surface area contributed by atoms with E-state index in [1.807, 2.05) is 6.92 Å². The van der Waals surface area contributed by atoms with E-state index in [2.05, 4.69) is 9.97 Å². The molecule has 0 fully saturated rings. The van der Waals surface area contributed by atoms with Gasteiger partial charge in [0.1, 0.15) is 0 Å². The first-order valence-electron chi connectivity index (χ1n) is 5.65. The summed E-state index contributed by atoms with van der Waals surface area (Å²) in [6.07, 6.45) is 2.57. The third kappa shape index (κ3) is 2.30. The number of aromatic amines is 1. The van der Waals surface area contributed by atoms with Crippen LogP contribution in [-0.2, 0) is 6.42 Å². The van der Waals surface area contributed by atoms with E-state index in [9.17, 15) is 13.6 Å². The van der Waals surface area contributed by atoms with Gasteiger partial charge in [-0.2, -0.15) is 0 Å². The van der Waals surface area contributed by atoms with E-state index in [0.29, 0.717) is 23.2 Å². The Kier molecular flexibility index (Phi) is 3.50. The summed E-state index contributed by atoms with van der Waals surface area (Å²) >= 11 is 0. The molecule has 0 spiro atoms. The number of benzene rings is 1. The number of halogens is 2. The molecule has 0 aliphatic rings. The van der Waals surface area contributed by atoms with Crippen LogP contribution in [0.2, 0.25) is 0 Å². The summed E-state index contributed by atoms with van der Waals surface area (Å²) in [5, 5.41) is 0. The fourth-order valence-corrected chi connectivity index (χ4v) is 1.80. The van der Waals surface area contributed by atoms with Crippen molar-refractivity contribution in [3.8, 4) is 11.3 Å². The van der Waals surface area contributed by atoms with Crippen molar-refractivity contribution in [1.29, 1.82) is 0 Å². The monoisotopic (exact) mass is 250 g/mol. The number of hydrogen-bond acceptors (Lipinski definition) is 2. The second-order valence-corrected chi connectivity index (χ2v) is 3.94. The molecular formula is C13H12F2N2O. The lowest BCUT2D eigenvalue weighted by Crippen LogP contribution is -2.14. The van der Waals surface area contributed by atoms with E-state index in [0.717, 1.165) is 18.6 Å². The van der Waals surface area contributed by atoms with E-state index in [4.69, 9.17) is 0 Å². The summed E-state index contributed by atoms with van der Waals surface area (Å²) in [4.78, 5) is 18.2. The fraction of sp³-hybridized carbons (Fsp3) is 0.231.